The fraction of sp³-hybridized carbons (Fsp3) is 0.300. The lowest BCUT2D eigenvalue weighted by molar-refractivity contribution is -0.143. The van der Waals surface area contributed by atoms with Crippen molar-refractivity contribution in [2.45, 2.75) is 6.18 Å². The third-order valence-electron chi connectivity index (χ3n) is 5.32. The third-order valence-corrected chi connectivity index (χ3v) is 5.32. The summed E-state index contributed by atoms with van der Waals surface area (Å²) in [5, 5.41) is 2.54. The molecule has 3 heterocycles. The van der Waals surface area contributed by atoms with Crippen LogP contribution in [-0.4, -0.2) is 57.4 Å². The van der Waals surface area contributed by atoms with Crippen LogP contribution < -0.4 is 15.9 Å². The number of alkyl halides is 3. The van der Waals surface area contributed by atoms with Gasteiger partial charge in [0.15, 0.2) is 0 Å². The van der Waals surface area contributed by atoms with Gasteiger partial charge in [0.05, 0.1) is 16.6 Å². The van der Waals surface area contributed by atoms with Crippen molar-refractivity contribution in [3.63, 3.8) is 0 Å². The molecule has 0 spiro atoms. The number of amides is 2. The highest BCUT2D eigenvalue weighted by molar-refractivity contribution is 6.39. The first-order valence-corrected chi connectivity index (χ1v) is 9.71. The van der Waals surface area contributed by atoms with Crippen LogP contribution in [0.5, 0.6) is 0 Å². The smallest absolute Gasteiger partial charge is 0.353 e. The molecule has 3 aromatic rings. The molecule has 0 atom stereocenters. The van der Waals surface area contributed by atoms with Gasteiger partial charge in [-0.25, -0.2) is 9.78 Å². The monoisotopic (exact) mass is 448 g/mol. The molecule has 1 aromatic carbocycles. The maximum Gasteiger partial charge on any atom is 0.417 e. The van der Waals surface area contributed by atoms with E-state index in [1.165, 1.54) is 15.5 Å². The minimum absolute atomic E-state index is 0.223. The molecule has 0 radical (unpaired) electrons. The summed E-state index contributed by atoms with van der Waals surface area (Å²) in [6.45, 7) is 1.10. The lowest BCUT2D eigenvalue weighted by atomic mass is 10.2. The Bertz CT molecular complexity index is 1220. The van der Waals surface area contributed by atoms with Gasteiger partial charge in [-0.3, -0.25) is 14.2 Å². The van der Waals surface area contributed by atoms with E-state index in [9.17, 15) is 27.6 Å². The first-order valence-electron chi connectivity index (χ1n) is 9.71. The number of hydrogen-bond donors (Lipinski definition) is 2. The number of hydrogen-bond acceptors (Lipinski definition) is 5. The van der Waals surface area contributed by atoms with Crippen LogP contribution in [0.15, 0.2) is 41.3 Å². The van der Waals surface area contributed by atoms with Crippen LogP contribution in [0.2, 0.25) is 0 Å². The molecular formula is C20H19F3N6O3. The Labute approximate surface area is 179 Å². The van der Waals surface area contributed by atoms with Crippen molar-refractivity contribution < 1.29 is 22.8 Å². The number of nitrogens with zero attached hydrogens (tertiary/aromatic N) is 4. The molecule has 32 heavy (non-hydrogen) atoms. The molecule has 4 rings (SSSR count). The molecule has 0 unspecified atom stereocenters. The molecule has 1 aliphatic heterocycles. The number of halogens is 3. The molecule has 0 saturated carbocycles. The number of fused-ring (bicyclic) bond motifs is 1. The zero-order valence-electron chi connectivity index (χ0n) is 16.9. The summed E-state index contributed by atoms with van der Waals surface area (Å²) < 4.78 is 39.4. The number of aromatic amines is 1. The molecule has 2 amide bonds. The Morgan fingerprint density at radius 3 is 2.44 bits per heavy atom. The van der Waals surface area contributed by atoms with Crippen LogP contribution in [0.1, 0.15) is 5.56 Å². The lowest BCUT2D eigenvalue weighted by Gasteiger charge is -2.35. The maximum atomic E-state index is 12.7. The van der Waals surface area contributed by atoms with Gasteiger partial charge in [0.2, 0.25) is 0 Å². The second kappa shape index (κ2) is 8.02. The number of aryl methyl sites for hydroxylation is 1. The van der Waals surface area contributed by atoms with E-state index < -0.39 is 23.6 Å². The number of pyridine rings is 1. The van der Waals surface area contributed by atoms with Gasteiger partial charge in [0.1, 0.15) is 5.82 Å². The molecule has 12 heteroatoms. The van der Waals surface area contributed by atoms with E-state index in [2.05, 4.69) is 15.3 Å². The molecule has 2 aromatic heterocycles. The van der Waals surface area contributed by atoms with Gasteiger partial charge < -0.3 is 20.1 Å². The zero-order chi connectivity index (χ0) is 23.0. The van der Waals surface area contributed by atoms with Crippen molar-refractivity contribution in [1.29, 1.82) is 0 Å². The number of carbonyl (C=O) groups is 2. The number of imidazole rings is 1. The van der Waals surface area contributed by atoms with Crippen molar-refractivity contribution in [3.05, 3.63) is 52.6 Å². The first kappa shape index (κ1) is 21.4. The minimum atomic E-state index is -4.45. The third kappa shape index (κ3) is 4.15. The number of H-pyrrole nitrogens is 1. The van der Waals surface area contributed by atoms with Crippen LogP contribution in [0.25, 0.3) is 11.0 Å². The van der Waals surface area contributed by atoms with E-state index in [4.69, 9.17) is 0 Å². The normalized spacial score (nSPS) is 14.6. The van der Waals surface area contributed by atoms with E-state index in [-0.39, 0.29) is 18.8 Å². The highest BCUT2D eigenvalue weighted by Gasteiger charge is 2.31. The van der Waals surface area contributed by atoms with Crippen LogP contribution in [0.3, 0.4) is 0 Å². The SMILES string of the molecule is Cn1c(=O)[nH]c2ccc(NC(=O)C(=O)N3CCN(c4ccc(C(F)(F)F)cn4)CC3)cc21. The van der Waals surface area contributed by atoms with Crippen LogP contribution >= 0.6 is 0 Å². The number of rotatable bonds is 2. The molecule has 2 N–H and O–H groups in total. The maximum absolute atomic E-state index is 12.7. The number of benzene rings is 1. The Morgan fingerprint density at radius 1 is 1.09 bits per heavy atom. The Hall–Kier alpha value is -3.83. The standard InChI is InChI=1S/C20H19F3N6O3/c1-27-15-10-13(3-4-14(15)26-19(27)32)25-17(30)18(31)29-8-6-28(7-9-29)16-5-2-12(11-24-16)20(21,22)23/h2-5,10-11H,6-9H2,1H3,(H,25,30)(H,26,32). The minimum Gasteiger partial charge on any atom is -0.353 e. The molecule has 9 nitrogen and oxygen atoms in total. The molecule has 1 aliphatic rings. The summed E-state index contributed by atoms with van der Waals surface area (Å²) in [6, 6.07) is 7.05. The Morgan fingerprint density at radius 2 is 1.81 bits per heavy atom. The summed E-state index contributed by atoms with van der Waals surface area (Å²) in [7, 11) is 1.59. The molecule has 1 saturated heterocycles. The highest BCUT2D eigenvalue weighted by atomic mass is 19.4. The van der Waals surface area contributed by atoms with Crippen LogP contribution in [-0.2, 0) is 22.8 Å². The second-order valence-corrected chi connectivity index (χ2v) is 7.36. The average molecular weight is 448 g/mol. The molecule has 168 valence electrons. The van der Waals surface area contributed by atoms with E-state index in [0.29, 0.717) is 35.6 Å². The molecule has 0 bridgehead atoms. The first-order chi connectivity index (χ1) is 15.1. The molecule has 0 aliphatic carbocycles. The predicted molar refractivity (Wildman–Crippen MR) is 110 cm³/mol. The van der Waals surface area contributed by atoms with E-state index in [0.717, 1.165) is 12.3 Å². The number of piperazine rings is 1. The molecule has 1 fully saturated rings. The predicted octanol–water partition coefficient (Wildman–Crippen LogP) is 1.57. The Kier molecular flexibility index (Phi) is 5.36. The number of nitrogens with one attached hydrogen (secondary N) is 2. The van der Waals surface area contributed by atoms with Crippen LogP contribution in [0, 0.1) is 0 Å². The van der Waals surface area contributed by atoms with Gasteiger partial charge in [-0.2, -0.15) is 13.2 Å². The van der Waals surface area contributed by atoms with Gasteiger partial charge in [-0.05, 0) is 30.3 Å². The topological polar surface area (TPSA) is 103 Å². The zero-order valence-corrected chi connectivity index (χ0v) is 16.9. The van der Waals surface area contributed by atoms with E-state index in [1.807, 2.05) is 0 Å². The van der Waals surface area contributed by atoms with Crippen molar-refractivity contribution in [2.24, 2.45) is 7.05 Å². The van der Waals surface area contributed by atoms with Crippen molar-refractivity contribution in [1.82, 2.24) is 19.4 Å². The van der Waals surface area contributed by atoms with Crippen molar-refractivity contribution >= 4 is 34.4 Å². The summed E-state index contributed by atoms with van der Waals surface area (Å²) >= 11 is 0. The van der Waals surface area contributed by atoms with E-state index in [1.54, 1.807) is 30.1 Å². The summed E-state index contributed by atoms with van der Waals surface area (Å²) in [4.78, 5) is 46.3. The van der Waals surface area contributed by atoms with Crippen LogP contribution in [0.4, 0.5) is 24.7 Å². The number of anilines is 2. The van der Waals surface area contributed by atoms with Gasteiger partial charge in [-0.15, -0.1) is 0 Å². The summed E-state index contributed by atoms with van der Waals surface area (Å²) in [5.74, 6) is -1.15. The van der Waals surface area contributed by atoms with Gasteiger partial charge in [0, 0.05) is 45.1 Å². The van der Waals surface area contributed by atoms with Crippen molar-refractivity contribution in [2.75, 3.05) is 36.4 Å². The fourth-order valence-electron chi connectivity index (χ4n) is 3.51. The van der Waals surface area contributed by atoms with E-state index >= 15 is 0 Å². The average Bonchev–Trinajstić information content (AvgIpc) is 3.06. The van der Waals surface area contributed by atoms with Gasteiger partial charge in [0.25, 0.3) is 0 Å². The Balaban J connectivity index is 1.36. The van der Waals surface area contributed by atoms with Crippen molar-refractivity contribution in [3.8, 4) is 0 Å². The number of aromatic nitrogens is 3. The highest BCUT2D eigenvalue weighted by Crippen LogP contribution is 2.29. The van der Waals surface area contributed by atoms with Gasteiger partial charge in [-0.1, -0.05) is 0 Å². The van der Waals surface area contributed by atoms with Gasteiger partial charge >= 0.3 is 23.7 Å². The number of carbonyl (C=O) groups excluding carboxylic acids is 2. The fourth-order valence-corrected chi connectivity index (χ4v) is 3.51. The molecular weight excluding hydrogens is 429 g/mol. The second-order valence-electron chi connectivity index (χ2n) is 7.36. The quantitative estimate of drug-likeness (QED) is 0.580. The summed E-state index contributed by atoms with van der Waals surface area (Å²) in [6.07, 6.45) is -3.68. The largest absolute Gasteiger partial charge is 0.417 e. The lowest BCUT2D eigenvalue weighted by Crippen LogP contribution is -2.51. The summed E-state index contributed by atoms with van der Waals surface area (Å²) in [5.41, 5.74) is 0.440.